The van der Waals surface area contributed by atoms with Gasteiger partial charge in [0.1, 0.15) is 5.82 Å². The van der Waals surface area contributed by atoms with Gasteiger partial charge in [0.2, 0.25) is 0 Å². The molecule has 1 atom stereocenters. The highest BCUT2D eigenvalue weighted by Gasteiger charge is 2.28. The average molecular weight is 313 g/mol. The van der Waals surface area contributed by atoms with Crippen molar-refractivity contribution in [3.05, 3.63) is 41.5 Å². The van der Waals surface area contributed by atoms with Crippen molar-refractivity contribution in [1.29, 1.82) is 0 Å². The fourth-order valence-corrected chi connectivity index (χ4v) is 3.13. The number of hydrogen-bond donors (Lipinski definition) is 1. The van der Waals surface area contributed by atoms with Gasteiger partial charge >= 0.3 is 0 Å². The summed E-state index contributed by atoms with van der Waals surface area (Å²) < 4.78 is 0. The van der Waals surface area contributed by atoms with Gasteiger partial charge in [0.25, 0.3) is 5.91 Å². The molecule has 1 aliphatic heterocycles. The minimum Gasteiger partial charge on any atom is -0.377 e. The van der Waals surface area contributed by atoms with Gasteiger partial charge in [-0.25, -0.2) is 4.98 Å². The van der Waals surface area contributed by atoms with Crippen LogP contribution < -0.4 is 4.90 Å². The number of benzene rings is 1. The normalized spacial score (nSPS) is 18.0. The van der Waals surface area contributed by atoms with Crippen molar-refractivity contribution in [2.45, 2.75) is 25.7 Å². The van der Waals surface area contributed by atoms with Crippen molar-refractivity contribution in [2.75, 3.05) is 32.1 Å². The number of anilines is 1. The number of nitrogens with one attached hydrogen (secondary N) is 1. The zero-order chi connectivity index (χ0) is 16.4. The minimum atomic E-state index is 0.0891. The molecule has 0 unspecified atom stereocenters. The molecule has 1 aliphatic rings. The Morgan fingerprint density at radius 3 is 2.83 bits per heavy atom. The molecule has 0 bridgehead atoms. The summed E-state index contributed by atoms with van der Waals surface area (Å²) in [6, 6.07) is 7.76. The average Bonchev–Trinajstić information content (AvgIpc) is 3.01. The van der Waals surface area contributed by atoms with Crippen LogP contribution in [0.4, 0.5) is 5.69 Å². The van der Waals surface area contributed by atoms with E-state index in [1.807, 2.05) is 55.1 Å². The van der Waals surface area contributed by atoms with Crippen molar-refractivity contribution in [3.63, 3.8) is 0 Å². The fourth-order valence-electron chi connectivity index (χ4n) is 3.13. The molecule has 1 N–H and O–H groups in total. The van der Waals surface area contributed by atoms with Gasteiger partial charge in [0.05, 0.1) is 5.56 Å². The molecule has 1 fully saturated rings. The van der Waals surface area contributed by atoms with E-state index in [0.717, 1.165) is 42.3 Å². The second-order valence-corrected chi connectivity index (χ2v) is 6.28. The molecule has 0 saturated carbocycles. The zero-order valence-corrected chi connectivity index (χ0v) is 13.9. The Balaban J connectivity index is 1.80. The standard InChI is InChI=1S/C17H23N5O/c1-12-18-16(20-19-12)13-7-6-10-22(11-13)17(23)14-8-4-5-9-15(14)21(2)3/h4-5,8-9,13H,6-7,10-11H2,1-3H3,(H,18,19,20)/t13-/m1/s1. The highest BCUT2D eigenvalue weighted by molar-refractivity contribution is 5.99. The van der Waals surface area contributed by atoms with E-state index in [9.17, 15) is 4.79 Å². The van der Waals surface area contributed by atoms with Gasteiger partial charge in [-0.05, 0) is 31.9 Å². The SMILES string of the molecule is Cc1nc([C@@H]2CCCN(C(=O)c3ccccc3N(C)C)C2)n[nH]1. The lowest BCUT2D eigenvalue weighted by atomic mass is 9.96. The lowest BCUT2D eigenvalue weighted by Crippen LogP contribution is -2.39. The zero-order valence-electron chi connectivity index (χ0n) is 13.9. The van der Waals surface area contributed by atoms with E-state index in [1.54, 1.807) is 0 Å². The van der Waals surface area contributed by atoms with Gasteiger partial charge in [-0.3, -0.25) is 9.89 Å². The minimum absolute atomic E-state index is 0.0891. The van der Waals surface area contributed by atoms with Crippen LogP contribution in [0.25, 0.3) is 0 Å². The third kappa shape index (κ3) is 3.21. The third-order valence-electron chi connectivity index (χ3n) is 4.30. The molecule has 1 amide bonds. The van der Waals surface area contributed by atoms with Gasteiger partial charge < -0.3 is 9.80 Å². The number of carbonyl (C=O) groups excluding carboxylic acids is 1. The summed E-state index contributed by atoms with van der Waals surface area (Å²) in [4.78, 5) is 21.3. The van der Waals surface area contributed by atoms with Crippen molar-refractivity contribution < 1.29 is 4.79 Å². The molecule has 1 saturated heterocycles. The van der Waals surface area contributed by atoms with E-state index >= 15 is 0 Å². The Morgan fingerprint density at radius 1 is 1.35 bits per heavy atom. The summed E-state index contributed by atoms with van der Waals surface area (Å²) in [5.41, 5.74) is 1.71. The number of aromatic amines is 1. The van der Waals surface area contributed by atoms with Crippen LogP contribution in [-0.4, -0.2) is 53.2 Å². The smallest absolute Gasteiger partial charge is 0.255 e. The van der Waals surface area contributed by atoms with E-state index in [2.05, 4.69) is 15.2 Å². The second-order valence-electron chi connectivity index (χ2n) is 6.28. The molecule has 6 heteroatoms. The lowest BCUT2D eigenvalue weighted by molar-refractivity contribution is 0.0705. The monoisotopic (exact) mass is 313 g/mol. The van der Waals surface area contributed by atoms with Crippen molar-refractivity contribution in [2.24, 2.45) is 0 Å². The van der Waals surface area contributed by atoms with E-state index < -0.39 is 0 Å². The fraction of sp³-hybridized carbons (Fsp3) is 0.471. The predicted octanol–water partition coefficient (Wildman–Crippen LogP) is 2.20. The summed E-state index contributed by atoms with van der Waals surface area (Å²) in [5, 5.41) is 7.16. The number of aromatic nitrogens is 3. The number of nitrogens with zero attached hydrogens (tertiary/aromatic N) is 4. The number of rotatable bonds is 3. The molecule has 2 aromatic rings. The third-order valence-corrected chi connectivity index (χ3v) is 4.30. The van der Waals surface area contributed by atoms with Gasteiger partial charge in [-0.2, -0.15) is 5.10 Å². The number of H-pyrrole nitrogens is 1. The summed E-state index contributed by atoms with van der Waals surface area (Å²) in [6.07, 6.45) is 2.00. The number of likely N-dealkylation sites (tertiary alicyclic amines) is 1. The summed E-state index contributed by atoms with van der Waals surface area (Å²) in [6.45, 7) is 3.37. The first-order valence-electron chi connectivity index (χ1n) is 8.01. The highest BCUT2D eigenvalue weighted by Crippen LogP contribution is 2.27. The first-order valence-corrected chi connectivity index (χ1v) is 8.01. The molecule has 6 nitrogen and oxygen atoms in total. The van der Waals surface area contributed by atoms with Gasteiger partial charge in [0.15, 0.2) is 5.82 Å². The van der Waals surface area contributed by atoms with E-state index in [4.69, 9.17) is 0 Å². The highest BCUT2D eigenvalue weighted by atomic mass is 16.2. The maximum absolute atomic E-state index is 13.0. The Bertz CT molecular complexity index is 694. The van der Waals surface area contributed by atoms with E-state index in [1.165, 1.54) is 0 Å². The van der Waals surface area contributed by atoms with E-state index in [-0.39, 0.29) is 11.8 Å². The van der Waals surface area contributed by atoms with E-state index in [0.29, 0.717) is 6.54 Å². The largest absolute Gasteiger partial charge is 0.377 e. The van der Waals surface area contributed by atoms with Crippen molar-refractivity contribution >= 4 is 11.6 Å². The molecule has 1 aromatic carbocycles. The topological polar surface area (TPSA) is 65.1 Å². The predicted molar refractivity (Wildman–Crippen MR) is 89.8 cm³/mol. The Morgan fingerprint density at radius 2 is 2.13 bits per heavy atom. The number of hydrogen-bond acceptors (Lipinski definition) is 4. The molecule has 1 aromatic heterocycles. The molecular formula is C17H23N5O. The van der Waals surface area contributed by atoms with Crippen LogP contribution in [0.15, 0.2) is 24.3 Å². The maximum Gasteiger partial charge on any atom is 0.255 e. The number of amides is 1. The second kappa shape index (κ2) is 6.40. The Labute approximate surface area is 136 Å². The van der Waals surface area contributed by atoms with Crippen LogP contribution in [0.5, 0.6) is 0 Å². The molecule has 2 heterocycles. The number of carbonyl (C=O) groups is 1. The van der Waals surface area contributed by atoms with Crippen LogP contribution in [0.1, 0.15) is 40.8 Å². The van der Waals surface area contributed by atoms with Crippen LogP contribution in [0.2, 0.25) is 0 Å². The quantitative estimate of drug-likeness (QED) is 0.943. The van der Waals surface area contributed by atoms with Crippen LogP contribution in [-0.2, 0) is 0 Å². The number of aryl methyl sites for hydroxylation is 1. The van der Waals surface area contributed by atoms with Gasteiger partial charge in [0, 0.05) is 38.8 Å². The van der Waals surface area contributed by atoms with Gasteiger partial charge in [-0.1, -0.05) is 12.1 Å². The van der Waals surface area contributed by atoms with Gasteiger partial charge in [-0.15, -0.1) is 0 Å². The molecular weight excluding hydrogens is 290 g/mol. The Kier molecular flexibility index (Phi) is 4.32. The summed E-state index contributed by atoms with van der Waals surface area (Å²) in [7, 11) is 3.92. The summed E-state index contributed by atoms with van der Waals surface area (Å²) in [5.74, 6) is 1.94. The van der Waals surface area contributed by atoms with Crippen LogP contribution in [0.3, 0.4) is 0 Å². The van der Waals surface area contributed by atoms with Crippen molar-refractivity contribution in [1.82, 2.24) is 20.1 Å². The summed E-state index contributed by atoms with van der Waals surface area (Å²) >= 11 is 0. The first-order chi connectivity index (χ1) is 11.1. The Hall–Kier alpha value is -2.37. The molecule has 0 spiro atoms. The van der Waals surface area contributed by atoms with Crippen LogP contribution in [0, 0.1) is 6.92 Å². The molecule has 23 heavy (non-hydrogen) atoms. The molecule has 0 radical (unpaired) electrons. The molecule has 0 aliphatic carbocycles. The molecule has 3 rings (SSSR count). The molecule has 122 valence electrons. The maximum atomic E-state index is 13.0. The van der Waals surface area contributed by atoms with Crippen molar-refractivity contribution in [3.8, 4) is 0 Å². The number of piperidine rings is 1. The first kappa shape index (κ1) is 15.5. The number of para-hydroxylation sites is 1. The lowest BCUT2D eigenvalue weighted by Gasteiger charge is -2.32. The van der Waals surface area contributed by atoms with Crippen LogP contribution >= 0.6 is 0 Å².